The Morgan fingerprint density at radius 2 is 1.10 bits per heavy atom. The number of benzene rings is 6. The largest absolute Gasteiger partial charge is 0.310 e. The number of para-hydroxylation sites is 1. The second kappa shape index (κ2) is 11.6. The van der Waals surface area contributed by atoms with Gasteiger partial charge in [-0.15, -0.1) is 0 Å². The lowest BCUT2D eigenvalue weighted by atomic mass is 9.46. The molecule has 11 rings (SSSR count). The van der Waals surface area contributed by atoms with E-state index in [0.29, 0.717) is 5.92 Å². The molecule has 0 N–H and O–H groups in total. The van der Waals surface area contributed by atoms with Gasteiger partial charge >= 0.3 is 0 Å². The fourth-order valence-corrected chi connectivity index (χ4v) is 12.4. The van der Waals surface area contributed by atoms with Crippen LogP contribution >= 0.6 is 0 Å². The number of rotatable bonds is 5. The topological polar surface area (TPSA) is 3.24 Å². The van der Waals surface area contributed by atoms with E-state index >= 15 is 0 Å². The van der Waals surface area contributed by atoms with Crippen LogP contribution in [0.4, 0.5) is 17.1 Å². The zero-order chi connectivity index (χ0) is 34.4. The summed E-state index contributed by atoms with van der Waals surface area (Å²) in [5.41, 5.74) is 18.6. The summed E-state index contributed by atoms with van der Waals surface area (Å²) in [7, 11) is 0. The Hall–Kier alpha value is -4.88. The highest BCUT2D eigenvalue weighted by Gasteiger charge is 2.59. The summed E-state index contributed by atoms with van der Waals surface area (Å²) in [4.78, 5) is 2.62. The fourth-order valence-electron chi connectivity index (χ4n) is 12.4. The first-order valence-corrected chi connectivity index (χ1v) is 20.2. The van der Waals surface area contributed by atoms with E-state index in [-0.39, 0.29) is 10.8 Å². The quantitative estimate of drug-likeness (QED) is 0.176. The van der Waals surface area contributed by atoms with Crippen LogP contribution in [0.1, 0.15) is 87.0 Å². The van der Waals surface area contributed by atoms with Gasteiger partial charge in [-0.1, -0.05) is 135 Å². The maximum absolute atomic E-state index is 2.66. The predicted octanol–water partition coefficient (Wildman–Crippen LogP) is 13.8. The first-order chi connectivity index (χ1) is 25.7. The first-order valence-electron chi connectivity index (χ1n) is 20.2. The minimum atomic E-state index is 0.0932. The molecule has 256 valence electrons. The smallest absolute Gasteiger partial charge is 0.0540 e. The molecule has 0 aromatic heterocycles. The number of hydrogen-bond donors (Lipinski definition) is 0. The molecule has 5 aliphatic carbocycles. The Morgan fingerprint density at radius 3 is 1.81 bits per heavy atom. The second-order valence-electron chi connectivity index (χ2n) is 16.6. The Bertz CT molecular complexity index is 2340. The van der Waals surface area contributed by atoms with Crippen LogP contribution in [0.3, 0.4) is 0 Å². The van der Waals surface area contributed by atoms with E-state index in [1.165, 1.54) is 114 Å². The van der Waals surface area contributed by atoms with E-state index in [1.807, 2.05) is 0 Å². The molecule has 3 saturated carbocycles. The van der Waals surface area contributed by atoms with Gasteiger partial charge in [-0.05, 0) is 137 Å². The SMILES string of the molecule is CCC1CCC2CCC2C12c1ccccc1-c1ccc(N(c3ccc4c(c3)C3(CCCC3)c3ccccc3-4)c3ccccc3-c3ccccc3)cc12. The van der Waals surface area contributed by atoms with Gasteiger partial charge in [0.25, 0.3) is 0 Å². The number of hydrogen-bond acceptors (Lipinski definition) is 1. The molecule has 4 atom stereocenters. The van der Waals surface area contributed by atoms with E-state index in [2.05, 4.69) is 151 Å². The maximum Gasteiger partial charge on any atom is 0.0540 e. The van der Waals surface area contributed by atoms with Gasteiger partial charge < -0.3 is 4.90 Å². The highest BCUT2D eigenvalue weighted by atomic mass is 15.1. The summed E-state index contributed by atoms with van der Waals surface area (Å²) in [5, 5.41) is 0. The molecule has 1 heteroatoms. The molecular formula is C51H47N. The Kier molecular flexibility index (Phi) is 6.83. The summed E-state index contributed by atoms with van der Waals surface area (Å²) in [5.74, 6) is 2.24. The van der Waals surface area contributed by atoms with Gasteiger partial charge in [-0.25, -0.2) is 0 Å². The van der Waals surface area contributed by atoms with Gasteiger partial charge in [0, 0.05) is 27.8 Å². The van der Waals surface area contributed by atoms with E-state index in [1.54, 1.807) is 16.7 Å². The molecule has 1 nitrogen and oxygen atoms in total. The molecule has 3 fully saturated rings. The van der Waals surface area contributed by atoms with Crippen LogP contribution in [-0.4, -0.2) is 0 Å². The lowest BCUT2D eigenvalue weighted by Gasteiger charge is -2.58. The molecule has 4 unspecified atom stereocenters. The van der Waals surface area contributed by atoms with Crippen LogP contribution < -0.4 is 4.90 Å². The molecule has 5 aliphatic rings. The predicted molar refractivity (Wildman–Crippen MR) is 217 cm³/mol. The van der Waals surface area contributed by atoms with Crippen LogP contribution in [0.2, 0.25) is 0 Å². The third-order valence-electron chi connectivity index (χ3n) is 14.6. The van der Waals surface area contributed by atoms with Gasteiger partial charge in [0.15, 0.2) is 0 Å². The molecule has 52 heavy (non-hydrogen) atoms. The third-order valence-corrected chi connectivity index (χ3v) is 14.6. The van der Waals surface area contributed by atoms with E-state index < -0.39 is 0 Å². The molecule has 0 heterocycles. The molecule has 0 aliphatic heterocycles. The van der Waals surface area contributed by atoms with Gasteiger partial charge in [0.1, 0.15) is 0 Å². The number of nitrogens with zero attached hydrogens (tertiary/aromatic N) is 1. The number of fused-ring (bicyclic) bond motifs is 12. The molecule has 0 saturated heterocycles. The molecular weight excluding hydrogens is 627 g/mol. The Balaban J connectivity index is 1.16. The summed E-state index contributed by atoms with van der Waals surface area (Å²) >= 11 is 0. The van der Waals surface area contributed by atoms with Crippen LogP contribution in [-0.2, 0) is 10.8 Å². The van der Waals surface area contributed by atoms with Gasteiger partial charge in [0.2, 0.25) is 0 Å². The minimum Gasteiger partial charge on any atom is -0.310 e. The lowest BCUT2D eigenvalue weighted by Crippen LogP contribution is -2.52. The van der Waals surface area contributed by atoms with Crippen molar-refractivity contribution in [1.82, 2.24) is 0 Å². The Morgan fingerprint density at radius 1 is 0.519 bits per heavy atom. The number of anilines is 3. The molecule has 6 aromatic carbocycles. The van der Waals surface area contributed by atoms with Crippen molar-refractivity contribution in [2.45, 2.75) is 75.5 Å². The van der Waals surface area contributed by atoms with Crippen LogP contribution in [0.5, 0.6) is 0 Å². The monoisotopic (exact) mass is 673 g/mol. The Labute approximate surface area is 309 Å². The van der Waals surface area contributed by atoms with Crippen molar-refractivity contribution < 1.29 is 0 Å². The van der Waals surface area contributed by atoms with Gasteiger partial charge in [-0.2, -0.15) is 0 Å². The zero-order valence-corrected chi connectivity index (χ0v) is 30.3. The van der Waals surface area contributed by atoms with Crippen molar-refractivity contribution in [1.29, 1.82) is 0 Å². The van der Waals surface area contributed by atoms with E-state index in [0.717, 1.165) is 11.8 Å². The van der Waals surface area contributed by atoms with Crippen molar-refractivity contribution in [3.8, 4) is 33.4 Å². The first kappa shape index (κ1) is 30.7. The summed E-state index contributed by atoms with van der Waals surface area (Å²) in [6, 6.07) is 53.9. The van der Waals surface area contributed by atoms with Crippen molar-refractivity contribution in [2.75, 3.05) is 4.90 Å². The van der Waals surface area contributed by atoms with Crippen molar-refractivity contribution in [3.05, 3.63) is 162 Å². The van der Waals surface area contributed by atoms with E-state index in [9.17, 15) is 0 Å². The van der Waals surface area contributed by atoms with Crippen LogP contribution in [0, 0.1) is 17.8 Å². The minimum absolute atomic E-state index is 0.0932. The molecule has 2 spiro atoms. The van der Waals surface area contributed by atoms with Crippen LogP contribution in [0.15, 0.2) is 140 Å². The standard InChI is InChI=1S/C51H47N/c1-2-36-24-22-35-23-29-44(35)51(36)46-20-10-7-18-41(46)43-28-26-38(33-48(43)51)52(49-21-11-8-16-39(49)34-14-4-3-5-15-34)37-25-27-42-40-17-6-9-19-45(40)50(47(42)32-37)30-12-13-31-50/h3-11,14-21,25-28,32-33,35-36,44H,2,12-13,22-24,29-31H2,1H3. The van der Waals surface area contributed by atoms with Crippen molar-refractivity contribution in [2.24, 2.45) is 17.8 Å². The highest BCUT2D eigenvalue weighted by molar-refractivity contribution is 5.92. The summed E-state index contributed by atoms with van der Waals surface area (Å²) < 4.78 is 0. The van der Waals surface area contributed by atoms with E-state index in [4.69, 9.17) is 0 Å². The average molecular weight is 674 g/mol. The normalized spacial score (nSPS) is 24.1. The average Bonchev–Trinajstić information content (AvgIpc) is 3.87. The molecule has 0 radical (unpaired) electrons. The zero-order valence-electron chi connectivity index (χ0n) is 30.3. The summed E-state index contributed by atoms with van der Waals surface area (Å²) in [6.07, 6.45) is 11.8. The summed E-state index contributed by atoms with van der Waals surface area (Å²) in [6.45, 7) is 2.46. The molecule has 0 bridgehead atoms. The highest BCUT2D eigenvalue weighted by Crippen LogP contribution is 2.67. The second-order valence-corrected chi connectivity index (χ2v) is 16.6. The molecule has 6 aromatic rings. The lowest BCUT2D eigenvalue weighted by molar-refractivity contribution is 0.00464. The maximum atomic E-state index is 2.66. The molecule has 0 amide bonds. The van der Waals surface area contributed by atoms with Crippen molar-refractivity contribution in [3.63, 3.8) is 0 Å². The van der Waals surface area contributed by atoms with Crippen molar-refractivity contribution >= 4 is 17.1 Å². The van der Waals surface area contributed by atoms with Crippen LogP contribution in [0.25, 0.3) is 33.4 Å². The fraction of sp³-hybridized carbons (Fsp3) is 0.294. The third kappa shape index (κ3) is 4.06. The van der Waals surface area contributed by atoms with Gasteiger partial charge in [0.05, 0.1) is 5.69 Å². The van der Waals surface area contributed by atoms with Gasteiger partial charge in [-0.3, -0.25) is 0 Å².